The van der Waals surface area contributed by atoms with Crippen LogP contribution in [0.2, 0.25) is 0 Å². The van der Waals surface area contributed by atoms with Gasteiger partial charge in [0.05, 0.1) is 0 Å². The number of allylic oxidation sites excluding steroid dienone is 1. The van der Waals surface area contributed by atoms with E-state index in [0.717, 1.165) is 6.42 Å². The predicted octanol–water partition coefficient (Wildman–Crippen LogP) is 3.02. The molecule has 1 aromatic rings. The molecule has 0 N–H and O–H groups in total. The van der Waals surface area contributed by atoms with Crippen LogP contribution >= 0.6 is 15.9 Å². The van der Waals surface area contributed by atoms with Crippen molar-refractivity contribution in [1.29, 1.82) is 0 Å². The summed E-state index contributed by atoms with van der Waals surface area (Å²) in [5, 5.41) is 0. The lowest BCUT2D eigenvalue weighted by molar-refractivity contribution is 1.30. The number of rotatable bonds is 0. The molecule has 0 spiro atoms. The molecule has 0 aliphatic heterocycles. The Morgan fingerprint density at radius 2 is 2.20 bits per heavy atom. The molecule has 50 valence electrons. The lowest BCUT2D eigenvalue weighted by Gasteiger charge is -1.96. The maximum absolute atomic E-state index is 3.44. The highest BCUT2D eigenvalue weighted by Crippen LogP contribution is 2.22. The van der Waals surface area contributed by atoms with Crippen molar-refractivity contribution in [3.05, 3.63) is 39.9 Å². The quantitative estimate of drug-likeness (QED) is 0.596. The van der Waals surface area contributed by atoms with E-state index in [4.69, 9.17) is 0 Å². The van der Waals surface area contributed by atoms with Crippen molar-refractivity contribution < 1.29 is 0 Å². The molecule has 0 nitrogen and oxygen atoms in total. The smallest absolute Gasteiger partial charge is 0.0178 e. The third-order valence-corrected chi connectivity index (χ3v) is 2.23. The fourth-order valence-corrected chi connectivity index (χ4v) is 1.64. The van der Waals surface area contributed by atoms with Crippen LogP contribution in [0.25, 0.3) is 6.08 Å². The first-order valence-electron chi connectivity index (χ1n) is 3.31. The van der Waals surface area contributed by atoms with Gasteiger partial charge < -0.3 is 0 Å². The van der Waals surface area contributed by atoms with Gasteiger partial charge in [-0.25, -0.2) is 0 Å². The maximum atomic E-state index is 3.44. The summed E-state index contributed by atoms with van der Waals surface area (Å²) in [6.07, 6.45) is 5.45. The zero-order valence-corrected chi connectivity index (χ0v) is 7.06. The van der Waals surface area contributed by atoms with Crippen LogP contribution in [0, 0.1) is 0 Å². The van der Waals surface area contributed by atoms with Gasteiger partial charge in [0, 0.05) is 4.47 Å². The Morgan fingerprint density at radius 1 is 1.30 bits per heavy atom. The van der Waals surface area contributed by atoms with E-state index in [-0.39, 0.29) is 0 Å². The normalized spacial score (nSPS) is 13.7. The Labute approximate surface area is 68.7 Å². The molecule has 1 heteroatoms. The van der Waals surface area contributed by atoms with Crippen molar-refractivity contribution >= 4 is 22.0 Å². The topological polar surface area (TPSA) is 0 Å². The van der Waals surface area contributed by atoms with Crippen molar-refractivity contribution in [2.45, 2.75) is 6.42 Å². The maximum Gasteiger partial charge on any atom is 0.0178 e. The summed E-state index contributed by atoms with van der Waals surface area (Å²) in [5.74, 6) is 0. The summed E-state index contributed by atoms with van der Waals surface area (Å²) >= 11 is 3.44. The summed E-state index contributed by atoms with van der Waals surface area (Å²) in [6, 6.07) is 6.40. The van der Waals surface area contributed by atoms with Gasteiger partial charge in [-0.1, -0.05) is 34.1 Å². The minimum atomic E-state index is 1.09. The second-order valence-corrected chi connectivity index (χ2v) is 3.37. The van der Waals surface area contributed by atoms with Gasteiger partial charge >= 0.3 is 0 Å². The molecule has 0 bridgehead atoms. The van der Waals surface area contributed by atoms with Crippen molar-refractivity contribution in [2.75, 3.05) is 0 Å². The summed E-state index contributed by atoms with van der Waals surface area (Å²) in [5.41, 5.74) is 2.79. The van der Waals surface area contributed by atoms with E-state index < -0.39 is 0 Å². The molecule has 0 heterocycles. The first-order chi connectivity index (χ1) is 4.86. The summed E-state index contributed by atoms with van der Waals surface area (Å²) < 4.78 is 1.18. The van der Waals surface area contributed by atoms with Crippen LogP contribution in [-0.4, -0.2) is 0 Å². The van der Waals surface area contributed by atoms with Crippen LogP contribution < -0.4 is 0 Å². The zero-order valence-electron chi connectivity index (χ0n) is 5.47. The Balaban J connectivity index is 2.59. The molecule has 1 aliphatic carbocycles. The number of halogens is 1. The SMILES string of the molecule is Brc1ccc2c(c1)CC=C2. The van der Waals surface area contributed by atoms with E-state index in [9.17, 15) is 0 Å². The molecule has 10 heavy (non-hydrogen) atoms. The molecule has 0 fully saturated rings. The Kier molecular flexibility index (Phi) is 1.38. The number of hydrogen-bond donors (Lipinski definition) is 0. The summed E-state index contributed by atoms with van der Waals surface area (Å²) in [4.78, 5) is 0. The molecule has 0 saturated carbocycles. The average Bonchev–Trinajstić information content (AvgIpc) is 2.33. The Hall–Kier alpha value is -0.560. The fourth-order valence-electron chi connectivity index (χ4n) is 1.23. The lowest BCUT2D eigenvalue weighted by atomic mass is 10.1. The first kappa shape index (κ1) is 6.17. The second-order valence-electron chi connectivity index (χ2n) is 2.45. The molecule has 1 aliphatic rings. The van der Waals surface area contributed by atoms with Gasteiger partial charge in [0.15, 0.2) is 0 Å². The van der Waals surface area contributed by atoms with Gasteiger partial charge in [-0.2, -0.15) is 0 Å². The summed E-state index contributed by atoms with van der Waals surface area (Å²) in [7, 11) is 0. The van der Waals surface area contributed by atoms with Crippen LogP contribution in [0.1, 0.15) is 11.1 Å². The molecular weight excluding hydrogens is 188 g/mol. The molecule has 0 saturated heterocycles. The van der Waals surface area contributed by atoms with Crippen molar-refractivity contribution in [3.8, 4) is 0 Å². The van der Waals surface area contributed by atoms with Gasteiger partial charge in [0.25, 0.3) is 0 Å². The molecule has 0 aromatic heterocycles. The van der Waals surface area contributed by atoms with Crippen LogP contribution in [-0.2, 0) is 6.42 Å². The lowest BCUT2D eigenvalue weighted by Crippen LogP contribution is -1.79. The summed E-state index contributed by atoms with van der Waals surface area (Å²) in [6.45, 7) is 0. The molecular formula is C9H7Br. The predicted molar refractivity (Wildman–Crippen MR) is 46.9 cm³/mol. The first-order valence-corrected chi connectivity index (χ1v) is 4.10. The molecule has 0 amide bonds. The minimum absolute atomic E-state index is 1.09. The largest absolute Gasteiger partial charge is 0.0795 e. The van der Waals surface area contributed by atoms with Gasteiger partial charge in [-0.05, 0) is 29.7 Å². The third-order valence-electron chi connectivity index (χ3n) is 1.74. The van der Waals surface area contributed by atoms with E-state index in [2.05, 4.69) is 46.3 Å². The van der Waals surface area contributed by atoms with E-state index in [1.807, 2.05) is 0 Å². The van der Waals surface area contributed by atoms with Crippen molar-refractivity contribution in [3.63, 3.8) is 0 Å². The van der Waals surface area contributed by atoms with Crippen LogP contribution in [0.15, 0.2) is 28.7 Å². The highest BCUT2D eigenvalue weighted by molar-refractivity contribution is 9.10. The van der Waals surface area contributed by atoms with Crippen LogP contribution in [0.4, 0.5) is 0 Å². The van der Waals surface area contributed by atoms with Crippen molar-refractivity contribution in [2.24, 2.45) is 0 Å². The van der Waals surface area contributed by atoms with Crippen molar-refractivity contribution in [1.82, 2.24) is 0 Å². The van der Waals surface area contributed by atoms with Gasteiger partial charge in [0.1, 0.15) is 0 Å². The van der Waals surface area contributed by atoms with E-state index in [1.165, 1.54) is 15.6 Å². The Morgan fingerprint density at radius 3 is 3.10 bits per heavy atom. The second kappa shape index (κ2) is 2.24. The molecule has 0 atom stereocenters. The molecule has 2 rings (SSSR count). The standard InChI is InChI=1S/C9H7Br/c10-9-5-4-7-2-1-3-8(7)6-9/h1-2,4-6H,3H2. The average molecular weight is 195 g/mol. The molecule has 0 unspecified atom stereocenters. The third kappa shape index (κ3) is 0.907. The van der Waals surface area contributed by atoms with E-state index in [1.54, 1.807) is 0 Å². The van der Waals surface area contributed by atoms with E-state index >= 15 is 0 Å². The van der Waals surface area contributed by atoms with Gasteiger partial charge in [-0.3, -0.25) is 0 Å². The minimum Gasteiger partial charge on any atom is -0.0795 e. The fraction of sp³-hybridized carbons (Fsp3) is 0.111. The zero-order chi connectivity index (χ0) is 6.97. The van der Waals surface area contributed by atoms with Crippen LogP contribution in [0.5, 0.6) is 0 Å². The molecule has 0 radical (unpaired) electrons. The van der Waals surface area contributed by atoms with Gasteiger partial charge in [-0.15, -0.1) is 0 Å². The Bertz CT molecular complexity index is 287. The van der Waals surface area contributed by atoms with E-state index in [0.29, 0.717) is 0 Å². The highest BCUT2D eigenvalue weighted by Gasteiger charge is 2.03. The highest BCUT2D eigenvalue weighted by atomic mass is 79.9. The monoisotopic (exact) mass is 194 g/mol. The van der Waals surface area contributed by atoms with Crippen LogP contribution in [0.3, 0.4) is 0 Å². The number of fused-ring (bicyclic) bond motifs is 1. The number of benzene rings is 1. The van der Waals surface area contributed by atoms with Gasteiger partial charge in [0.2, 0.25) is 0 Å². The number of hydrogen-bond acceptors (Lipinski definition) is 0. The molecule has 1 aromatic carbocycles.